The average Bonchev–Trinajstić information content (AvgIpc) is 2.78. The lowest BCUT2D eigenvalue weighted by atomic mass is 10.1. The zero-order valence-corrected chi connectivity index (χ0v) is 10.0. The molecule has 0 aliphatic rings. The van der Waals surface area contributed by atoms with E-state index < -0.39 is 11.6 Å². The number of aromatic nitrogens is 1. The summed E-state index contributed by atoms with van der Waals surface area (Å²) in [7, 11) is 0. The monoisotopic (exact) mass is 252 g/mol. The number of nitrogens with zero attached hydrogens (tertiary/aromatic N) is 1. The largest absolute Gasteiger partial charge is 0.443 e. The Morgan fingerprint density at radius 3 is 2.89 bits per heavy atom. The fourth-order valence-electron chi connectivity index (χ4n) is 1.67. The predicted molar refractivity (Wildman–Crippen MR) is 63.9 cm³/mol. The van der Waals surface area contributed by atoms with E-state index in [4.69, 9.17) is 4.42 Å². The molecule has 96 valence electrons. The van der Waals surface area contributed by atoms with Crippen LogP contribution in [0.2, 0.25) is 0 Å². The van der Waals surface area contributed by atoms with Crippen molar-refractivity contribution in [1.29, 1.82) is 0 Å². The molecule has 0 saturated heterocycles. The Morgan fingerprint density at radius 2 is 2.17 bits per heavy atom. The molecule has 0 fully saturated rings. The van der Waals surface area contributed by atoms with Crippen molar-refractivity contribution in [2.45, 2.75) is 19.9 Å². The minimum Gasteiger partial charge on any atom is -0.443 e. The first kappa shape index (κ1) is 12.7. The molecule has 5 heteroatoms. The summed E-state index contributed by atoms with van der Waals surface area (Å²) < 4.78 is 31.7. The summed E-state index contributed by atoms with van der Waals surface area (Å²) in [6, 6.07) is 3.39. The number of hydrogen-bond donors (Lipinski definition) is 1. The highest BCUT2D eigenvalue weighted by molar-refractivity contribution is 5.60. The minimum absolute atomic E-state index is 0.224. The number of rotatable bonds is 5. The van der Waals surface area contributed by atoms with Gasteiger partial charge in [-0.2, -0.15) is 0 Å². The fraction of sp³-hybridized carbons (Fsp3) is 0.308. The van der Waals surface area contributed by atoms with Crippen LogP contribution >= 0.6 is 0 Å². The van der Waals surface area contributed by atoms with E-state index in [2.05, 4.69) is 17.2 Å². The first-order valence-electron chi connectivity index (χ1n) is 5.81. The molecule has 0 saturated carbocycles. The molecule has 1 aromatic heterocycles. The number of halogens is 2. The van der Waals surface area contributed by atoms with Crippen LogP contribution in [0, 0.1) is 11.6 Å². The SMILES string of the molecule is CCCNCc1ncoc1-c1ccc(F)cc1F. The zero-order chi connectivity index (χ0) is 13.0. The van der Waals surface area contributed by atoms with Crippen LogP contribution in [0.4, 0.5) is 8.78 Å². The Bertz CT molecular complexity index is 525. The average molecular weight is 252 g/mol. The van der Waals surface area contributed by atoms with Crippen molar-refractivity contribution in [3.63, 3.8) is 0 Å². The molecule has 0 spiro atoms. The quantitative estimate of drug-likeness (QED) is 0.831. The van der Waals surface area contributed by atoms with Crippen LogP contribution in [-0.4, -0.2) is 11.5 Å². The first-order valence-corrected chi connectivity index (χ1v) is 5.81. The molecule has 0 aliphatic heterocycles. The van der Waals surface area contributed by atoms with Crippen LogP contribution in [0.25, 0.3) is 11.3 Å². The van der Waals surface area contributed by atoms with Gasteiger partial charge in [0.2, 0.25) is 0 Å². The fourth-order valence-corrected chi connectivity index (χ4v) is 1.67. The molecule has 0 bridgehead atoms. The van der Waals surface area contributed by atoms with Gasteiger partial charge in [-0.25, -0.2) is 13.8 Å². The summed E-state index contributed by atoms with van der Waals surface area (Å²) in [6.07, 6.45) is 2.26. The molecule has 0 unspecified atom stereocenters. The van der Waals surface area contributed by atoms with Gasteiger partial charge in [0.25, 0.3) is 0 Å². The normalized spacial score (nSPS) is 10.8. The molecular formula is C13H14F2N2O. The predicted octanol–water partition coefficient (Wildman–Crippen LogP) is 3.12. The number of nitrogens with one attached hydrogen (secondary N) is 1. The molecular weight excluding hydrogens is 238 g/mol. The van der Waals surface area contributed by atoms with E-state index in [1.54, 1.807) is 0 Å². The Morgan fingerprint density at radius 1 is 1.33 bits per heavy atom. The van der Waals surface area contributed by atoms with Gasteiger partial charge in [-0.05, 0) is 25.1 Å². The second-order valence-electron chi connectivity index (χ2n) is 3.93. The summed E-state index contributed by atoms with van der Waals surface area (Å²) in [5.74, 6) is -0.916. The lowest BCUT2D eigenvalue weighted by Gasteiger charge is -2.04. The molecule has 18 heavy (non-hydrogen) atoms. The maximum atomic E-state index is 13.6. The number of hydrogen-bond acceptors (Lipinski definition) is 3. The van der Waals surface area contributed by atoms with E-state index in [1.807, 2.05) is 0 Å². The molecule has 0 radical (unpaired) electrons. The molecule has 2 aromatic rings. The van der Waals surface area contributed by atoms with Crippen molar-refractivity contribution in [3.05, 3.63) is 41.9 Å². The summed E-state index contributed by atoms with van der Waals surface area (Å²) >= 11 is 0. The van der Waals surface area contributed by atoms with Gasteiger partial charge >= 0.3 is 0 Å². The standard InChI is InChI=1S/C13H14F2N2O/c1-2-5-16-7-12-13(18-8-17-12)10-4-3-9(14)6-11(10)15/h3-4,6,8,16H,2,5,7H2,1H3. The molecule has 1 aromatic carbocycles. The van der Waals surface area contributed by atoms with Gasteiger partial charge < -0.3 is 9.73 Å². The van der Waals surface area contributed by atoms with Crippen molar-refractivity contribution in [2.75, 3.05) is 6.54 Å². The number of oxazole rings is 1. The maximum Gasteiger partial charge on any atom is 0.181 e. The van der Waals surface area contributed by atoms with E-state index in [0.29, 0.717) is 18.0 Å². The smallest absolute Gasteiger partial charge is 0.181 e. The van der Waals surface area contributed by atoms with Crippen molar-refractivity contribution in [3.8, 4) is 11.3 Å². The van der Waals surface area contributed by atoms with Crippen molar-refractivity contribution >= 4 is 0 Å². The lowest BCUT2D eigenvalue weighted by Crippen LogP contribution is -2.14. The Kier molecular flexibility index (Phi) is 4.04. The maximum absolute atomic E-state index is 13.6. The highest BCUT2D eigenvalue weighted by atomic mass is 19.1. The van der Waals surface area contributed by atoms with Crippen molar-refractivity contribution in [1.82, 2.24) is 10.3 Å². The Labute approximate surface area is 104 Å². The van der Waals surface area contributed by atoms with E-state index in [0.717, 1.165) is 19.0 Å². The third kappa shape index (κ3) is 2.73. The van der Waals surface area contributed by atoms with Crippen LogP contribution in [-0.2, 0) is 6.54 Å². The van der Waals surface area contributed by atoms with Gasteiger partial charge in [-0.3, -0.25) is 0 Å². The summed E-state index contributed by atoms with van der Waals surface area (Å²) in [6.45, 7) is 3.39. The van der Waals surface area contributed by atoms with Crippen LogP contribution in [0.15, 0.2) is 29.0 Å². The van der Waals surface area contributed by atoms with Gasteiger partial charge in [0.1, 0.15) is 17.3 Å². The van der Waals surface area contributed by atoms with E-state index in [9.17, 15) is 8.78 Å². The van der Waals surface area contributed by atoms with Gasteiger partial charge in [-0.15, -0.1) is 0 Å². The molecule has 2 rings (SSSR count). The van der Waals surface area contributed by atoms with E-state index >= 15 is 0 Å². The van der Waals surface area contributed by atoms with E-state index in [1.165, 1.54) is 18.5 Å². The van der Waals surface area contributed by atoms with Crippen LogP contribution in [0.3, 0.4) is 0 Å². The van der Waals surface area contributed by atoms with Crippen LogP contribution in [0.1, 0.15) is 19.0 Å². The second kappa shape index (κ2) is 5.73. The molecule has 0 atom stereocenters. The number of benzene rings is 1. The Balaban J connectivity index is 2.25. The summed E-state index contributed by atoms with van der Waals surface area (Å²) in [4.78, 5) is 4.04. The highest BCUT2D eigenvalue weighted by Crippen LogP contribution is 2.26. The van der Waals surface area contributed by atoms with Crippen LogP contribution in [0.5, 0.6) is 0 Å². The van der Waals surface area contributed by atoms with Crippen molar-refractivity contribution < 1.29 is 13.2 Å². The van der Waals surface area contributed by atoms with Gasteiger partial charge in [0, 0.05) is 12.6 Å². The van der Waals surface area contributed by atoms with Gasteiger partial charge in [-0.1, -0.05) is 6.92 Å². The highest BCUT2D eigenvalue weighted by Gasteiger charge is 2.15. The third-order valence-electron chi connectivity index (χ3n) is 2.54. The molecule has 3 nitrogen and oxygen atoms in total. The molecule has 1 heterocycles. The van der Waals surface area contributed by atoms with Crippen molar-refractivity contribution in [2.24, 2.45) is 0 Å². The topological polar surface area (TPSA) is 38.1 Å². The van der Waals surface area contributed by atoms with Gasteiger partial charge in [0.05, 0.1) is 5.56 Å². The lowest BCUT2D eigenvalue weighted by molar-refractivity contribution is 0.552. The molecule has 0 aliphatic carbocycles. The molecule has 1 N–H and O–H groups in total. The first-order chi connectivity index (χ1) is 8.72. The second-order valence-corrected chi connectivity index (χ2v) is 3.93. The van der Waals surface area contributed by atoms with E-state index in [-0.39, 0.29) is 5.56 Å². The third-order valence-corrected chi connectivity index (χ3v) is 2.54. The molecule has 0 amide bonds. The van der Waals surface area contributed by atoms with Gasteiger partial charge in [0.15, 0.2) is 12.2 Å². The minimum atomic E-state index is -0.650. The Hall–Kier alpha value is -1.75. The summed E-state index contributed by atoms with van der Waals surface area (Å²) in [5, 5.41) is 3.16. The van der Waals surface area contributed by atoms with Crippen LogP contribution < -0.4 is 5.32 Å². The zero-order valence-electron chi connectivity index (χ0n) is 10.0. The summed E-state index contributed by atoms with van der Waals surface area (Å²) in [5.41, 5.74) is 0.844.